The zero-order valence-corrected chi connectivity index (χ0v) is 14.3. The molecule has 2 N–H and O–H groups in total. The number of hydrogen-bond acceptors (Lipinski definition) is 2. The van der Waals surface area contributed by atoms with Crippen molar-refractivity contribution < 1.29 is 19.1 Å². The smallest absolute Gasteiger partial charge is 0.308 e. The van der Waals surface area contributed by atoms with Gasteiger partial charge in [0, 0.05) is 22.4 Å². The summed E-state index contributed by atoms with van der Waals surface area (Å²) in [7, 11) is 0. The standard InChI is InChI=1S/C18H21ClFNO3/c1-18(8-3-2-5-12(18)17(23)24)21-16(22)11-9-10(11)15-13(19)6-4-7-14(15)20/h4,6-7,10-12H,2-3,5,8-9H2,1H3,(H,21,22)(H,23,24). The fraction of sp³-hybridized carbons (Fsp3) is 0.556. The number of carboxylic acid groups (broad SMARTS) is 1. The van der Waals surface area contributed by atoms with Crippen LogP contribution in [0.4, 0.5) is 4.39 Å². The minimum absolute atomic E-state index is 0.199. The summed E-state index contributed by atoms with van der Waals surface area (Å²) in [5, 5.41) is 12.7. The third kappa shape index (κ3) is 3.14. The van der Waals surface area contributed by atoms with Crippen LogP contribution in [0.15, 0.2) is 18.2 Å². The Balaban J connectivity index is 1.71. The van der Waals surface area contributed by atoms with Crippen molar-refractivity contribution >= 4 is 23.5 Å². The lowest BCUT2D eigenvalue weighted by molar-refractivity contribution is -0.146. The fourth-order valence-electron chi connectivity index (χ4n) is 3.92. The van der Waals surface area contributed by atoms with Crippen molar-refractivity contribution in [3.63, 3.8) is 0 Å². The summed E-state index contributed by atoms with van der Waals surface area (Å²) >= 11 is 6.07. The largest absolute Gasteiger partial charge is 0.481 e. The van der Waals surface area contributed by atoms with E-state index < -0.39 is 23.2 Å². The van der Waals surface area contributed by atoms with Crippen molar-refractivity contribution in [2.24, 2.45) is 11.8 Å². The van der Waals surface area contributed by atoms with Gasteiger partial charge in [0.15, 0.2) is 0 Å². The number of rotatable bonds is 4. The van der Waals surface area contributed by atoms with E-state index >= 15 is 0 Å². The van der Waals surface area contributed by atoms with E-state index in [1.54, 1.807) is 19.1 Å². The second-order valence-corrected chi connectivity index (χ2v) is 7.53. The normalized spacial score (nSPS) is 32.2. The van der Waals surface area contributed by atoms with E-state index in [9.17, 15) is 19.1 Å². The van der Waals surface area contributed by atoms with Gasteiger partial charge < -0.3 is 10.4 Å². The van der Waals surface area contributed by atoms with Crippen LogP contribution in [0.3, 0.4) is 0 Å². The molecule has 0 spiro atoms. The number of halogens is 2. The lowest BCUT2D eigenvalue weighted by Gasteiger charge is -2.40. The molecule has 1 amide bonds. The summed E-state index contributed by atoms with van der Waals surface area (Å²) in [6, 6.07) is 4.51. The highest BCUT2D eigenvalue weighted by molar-refractivity contribution is 6.31. The molecule has 0 aromatic heterocycles. The molecule has 2 aliphatic carbocycles. The first-order valence-electron chi connectivity index (χ1n) is 8.32. The quantitative estimate of drug-likeness (QED) is 0.866. The van der Waals surface area contributed by atoms with Crippen LogP contribution < -0.4 is 5.32 Å². The molecule has 2 fully saturated rings. The molecule has 4 nitrogen and oxygen atoms in total. The maximum absolute atomic E-state index is 14.0. The Labute approximate surface area is 145 Å². The van der Waals surface area contributed by atoms with Gasteiger partial charge in [0.05, 0.1) is 11.5 Å². The number of hydrogen-bond donors (Lipinski definition) is 2. The molecule has 2 aliphatic rings. The molecule has 0 aliphatic heterocycles. The van der Waals surface area contributed by atoms with Gasteiger partial charge in [-0.1, -0.05) is 30.5 Å². The van der Waals surface area contributed by atoms with E-state index in [4.69, 9.17) is 11.6 Å². The van der Waals surface area contributed by atoms with E-state index in [2.05, 4.69) is 5.32 Å². The summed E-state index contributed by atoms with van der Waals surface area (Å²) < 4.78 is 14.0. The molecule has 0 saturated heterocycles. The molecule has 2 saturated carbocycles. The highest BCUT2D eigenvalue weighted by Crippen LogP contribution is 2.51. The van der Waals surface area contributed by atoms with Crippen molar-refractivity contribution in [1.29, 1.82) is 0 Å². The zero-order valence-electron chi connectivity index (χ0n) is 13.5. The monoisotopic (exact) mass is 353 g/mol. The lowest BCUT2D eigenvalue weighted by atomic mass is 9.73. The number of nitrogens with one attached hydrogen (secondary N) is 1. The summed E-state index contributed by atoms with van der Waals surface area (Å²) in [6.07, 6.45) is 3.51. The summed E-state index contributed by atoms with van der Waals surface area (Å²) in [5.41, 5.74) is -0.351. The average Bonchev–Trinajstić information content (AvgIpc) is 3.27. The zero-order chi connectivity index (χ0) is 17.5. The topological polar surface area (TPSA) is 66.4 Å². The lowest BCUT2D eigenvalue weighted by Crippen LogP contribution is -2.55. The number of carbonyl (C=O) groups is 2. The number of carboxylic acids is 1. The molecule has 24 heavy (non-hydrogen) atoms. The Morgan fingerprint density at radius 2 is 2.12 bits per heavy atom. The maximum Gasteiger partial charge on any atom is 0.308 e. The molecule has 6 heteroatoms. The number of benzene rings is 1. The molecule has 0 radical (unpaired) electrons. The van der Waals surface area contributed by atoms with Crippen LogP contribution in [-0.2, 0) is 9.59 Å². The van der Waals surface area contributed by atoms with Crippen molar-refractivity contribution in [2.45, 2.75) is 50.5 Å². The highest BCUT2D eigenvalue weighted by atomic mass is 35.5. The third-order valence-corrected chi connectivity index (χ3v) is 5.74. The van der Waals surface area contributed by atoms with Crippen LogP contribution in [0.5, 0.6) is 0 Å². The van der Waals surface area contributed by atoms with Gasteiger partial charge >= 0.3 is 5.97 Å². The number of aliphatic carboxylic acids is 1. The van der Waals surface area contributed by atoms with Crippen LogP contribution in [0.2, 0.25) is 5.02 Å². The van der Waals surface area contributed by atoms with E-state index in [-0.39, 0.29) is 17.7 Å². The minimum atomic E-state index is -0.873. The van der Waals surface area contributed by atoms with Crippen LogP contribution >= 0.6 is 11.6 Å². The van der Waals surface area contributed by atoms with Crippen LogP contribution in [0.25, 0.3) is 0 Å². The molecule has 1 aromatic rings. The highest BCUT2D eigenvalue weighted by Gasteiger charge is 2.49. The van der Waals surface area contributed by atoms with Gasteiger partial charge in [0.1, 0.15) is 5.82 Å². The predicted octanol–water partition coefficient (Wildman–Crippen LogP) is 3.73. The Hall–Kier alpha value is -1.62. The summed E-state index contributed by atoms with van der Waals surface area (Å²) in [5.74, 6) is -2.61. The Kier molecular flexibility index (Phi) is 4.56. The van der Waals surface area contributed by atoms with Crippen LogP contribution in [0, 0.1) is 17.7 Å². The first-order chi connectivity index (χ1) is 11.3. The van der Waals surface area contributed by atoms with Crippen molar-refractivity contribution in [1.82, 2.24) is 5.32 Å². The number of amides is 1. The molecule has 4 atom stereocenters. The van der Waals surface area contributed by atoms with Crippen LogP contribution in [-0.4, -0.2) is 22.5 Å². The first-order valence-corrected chi connectivity index (χ1v) is 8.70. The van der Waals surface area contributed by atoms with Crippen LogP contribution in [0.1, 0.15) is 50.5 Å². The molecule has 3 rings (SSSR count). The molecule has 1 aromatic carbocycles. The molecule has 0 bridgehead atoms. The van der Waals surface area contributed by atoms with Gasteiger partial charge in [-0.2, -0.15) is 0 Å². The SMILES string of the molecule is CC1(NC(=O)C2CC2c2c(F)cccc2Cl)CCCCC1C(=O)O. The van der Waals surface area contributed by atoms with E-state index in [0.29, 0.717) is 29.8 Å². The molecule has 4 unspecified atom stereocenters. The van der Waals surface area contributed by atoms with E-state index in [1.807, 2.05) is 0 Å². The Bertz CT molecular complexity index is 660. The molecule has 0 heterocycles. The number of carbonyl (C=O) groups excluding carboxylic acids is 1. The van der Waals surface area contributed by atoms with Crippen molar-refractivity contribution in [3.8, 4) is 0 Å². The van der Waals surface area contributed by atoms with Gasteiger partial charge in [-0.3, -0.25) is 9.59 Å². The van der Waals surface area contributed by atoms with Gasteiger partial charge in [-0.25, -0.2) is 4.39 Å². The molecular weight excluding hydrogens is 333 g/mol. The minimum Gasteiger partial charge on any atom is -0.481 e. The van der Waals surface area contributed by atoms with Gasteiger partial charge in [0.2, 0.25) is 5.91 Å². The first kappa shape index (κ1) is 17.2. The Morgan fingerprint density at radius 1 is 1.38 bits per heavy atom. The average molecular weight is 354 g/mol. The summed E-state index contributed by atoms with van der Waals surface area (Å²) in [6.45, 7) is 1.80. The summed E-state index contributed by atoms with van der Waals surface area (Å²) in [4.78, 5) is 24.1. The molecule has 130 valence electrons. The van der Waals surface area contributed by atoms with Crippen molar-refractivity contribution in [3.05, 3.63) is 34.6 Å². The van der Waals surface area contributed by atoms with E-state index in [1.165, 1.54) is 6.07 Å². The second-order valence-electron chi connectivity index (χ2n) is 7.13. The van der Waals surface area contributed by atoms with Gasteiger partial charge in [-0.05, 0) is 38.3 Å². The third-order valence-electron chi connectivity index (χ3n) is 5.41. The fourth-order valence-corrected chi connectivity index (χ4v) is 4.23. The maximum atomic E-state index is 14.0. The van der Waals surface area contributed by atoms with E-state index in [0.717, 1.165) is 12.8 Å². The molecular formula is C18H21ClFNO3. The second kappa shape index (κ2) is 6.36. The van der Waals surface area contributed by atoms with Crippen molar-refractivity contribution in [2.75, 3.05) is 0 Å². The predicted molar refractivity (Wildman–Crippen MR) is 88.4 cm³/mol. The Morgan fingerprint density at radius 3 is 2.79 bits per heavy atom. The van der Waals surface area contributed by atoms with Gasteiger partial charge in [-0.15, -0.1) is 0 Å². The van der Waals surface area contributed by atoms with Gasteiger partial charge in [0.25, 0.3) is 0 Å².